The number of hydrogen-bond acceptors (Lipinski definition) is 2. The third-order valence-corrected chi connectivity index (χ3v) is 6.58. The molecule has 0 spiro atoms. The van der Waals surface area contributed by atoms with Crippen molar-refractivity contribution < 1.29 is 5.11 Å². The van der Waals surface area contributed by atoms with E-state index in [1.165, 1.54) is 11.1 Å². The zero-order chi connectivity index (χ0) is 14.6. The lowest BCUT2D eigenvalue weighted by molar-refractivity contribution is 0.148. The average molecular weight is 291 g/mol. The Morgan fingerprint density at radius 3 is 2.50 bits per heavy atom. The van der Waals surface area contributed by atoms with E-state index in [2.05, 4.69) is 66.7 Å². The van der Waals surface area contributed by atoms with Crippen LogP contribution in [0.25, 0.3) is 5.57 Å². The molecule has 1 aromatic rings. The maximum Gasteiger partial charge on any atom is 0.0656 e. The second-order valence-electron chi connectivity index (χ2n) is 5.57. The highest BCUT2D eigenvalue weighted by molar-refractivity contribution is 8.37. The summed E-state index contributed by atoms with van der Waals surface area (Å²) >= 11 is 0. The van der Waals surface area contributed by atoms with Crippen LogP contribution in [0.1, 0.15) is 26.3 Å². The molecular formula is C17H25NOS. The Labute approximate surface area is 124 Å². The van der Waals surface area contributed by atoms with Crippen molar-refractivity contribution >= 4 is 15.8 Å². The number of nitrogens with one attached hydrogen (secondary N) is 1. The molecule has 0 saturated heterocycles. The minimum Gasteiger partial charge on any atom is -0.392 e. The Morgan fingerprint density at radius 2 is 1.90 bits per heavy atom. The molecule has 2 N–H and O–H groups in total. The van der Waals surface area contributed by atoms with Gasteiger partial charge in [-0.25, -0.2) is 0 Å². The molecule has 2 atom stereocenters. The van der Waals surface area contributed by atoms with E-state index in [0.717, 1.165) is 12.3 Å². The lowest BCUT2D eigenvalue weighted by atomic mass is 10.1. The summed E-state index contributed by atoms with van der Waals surface area (Å²) in [5.41, 5.74) is 2.51. The Bertz CT molecular complexity index is 495. The predicted octanol–water partition coefficient (Wildman–Crippen LogP) is 3.90. The van der Waals surface area contributed by atoms with Crippen molar-refractivity contribution in [3.05, 3.63) is 52.8 Å². The number of rotatable bonds is 6. The fourth-order valence-corrected chi connectivity index (χ4v) is 5.42. The minimum atomic E-state index is -1.20. The first-order valence-electron chi connectivity index (χ1n) is 7.25. The Balaban J connectivity index is 2.23. The summed E-state index contributed by atoms with van der Waals surface area (Å²) in [6, 6.07) is 10.4. The molecule has 0 fully saturated rings. The van der Waals surface area contributed by atoms with Crippen molar-refractivity contribution in [3.8, 4) is 0 Å². The predicted molar refractivity (Wildman–Crippen MR) is 90.5 cm³/mol. The molecule has 1 heterocycles. The van der Waals surface area contributed by atoms with Crippen LogP contribution in [0.2, 0.25) is 0 Å². The van der Waals surface area contributed by atoms with Crippen molar-refractivity contribution in [1.29, 1.82) is 0 Å². The van der Waals surface area contributed by atoms with E-state index in [4.69, 9.17) is 0 Å². The van der Waals surface area contributed by atoms with Gasteiger partial charge in [-0.2, -0.15) is 0 Å². The second kappa shape index (κ2) is 6.61. The first-order valence-corrected chi connectivity index (χ1v) is 9.18. The van der Waals surface area contributed by atoms with Crippen LogP contribution in [0.4, 0.5) is 0 Å². The number of benzene rings is 1. The summed E-state index contributed by atoms with van der Waals surface area (Å²) in [5.74, 6) is 1.09. The second-order valence-corrected chi connectivity index (χ2v) is 8.40. The molecule has 20 heavy (non-hydrogen) atoms. The molecular weight excluding hydrogens is 266 g/mol. The molecule has 0 amide bonds. The average Bonchev–Trinajstić information content (AvgIpc) is 2.84. The topological polar surface area (TPSA) is 32.3 Å². The van der Waals surface area contributed by atoms with Crippen LogP contribution in [-0.4, -0.2) is 23.5 Å². The molecule has 0 aliphatic carbocycles. The molecule has 0 aromatic heterocycles. The van der Waals surface area contributed by atoms with E-state index in [0.29, 0.717) is 5.92 Å². The van der Waals surface area contributed by atoms with E-state index in [1.807, 2.05) is 6.07 Å². The maximum absolute atomic E-state index is 10.3. The summed E-state index contributed by atoms with van der Waals surface area (Å²) < 4.78 is 3.60. The number of allylic oxidation sites excluding steroid dienone is 2. The van der Waals surface area contributed by atoms with E-state index in [1.54, 1.807) is 0 Å². The zero-order valence-electron chi connectivity index (χ0n) is 12.5. The van der Waals surface area contributed by atoms with Crippen molar-refractivity contribution in [1.82, 2.24) is 4.72 Å². The molecule has 1 aliphatic heterocycles. The number of aliphatic hydroxyl groups excluding tert-OH is 1. The van der Waals surface area contributed by atoms with Gasteiger partial charge in [0, 0.05) is 12.3 Å². The largest absolute Gasteiger partial charge is 0.392 e. The summed E-state index contributed by atoms with van der Waals surface area (Å²) in [6.45, 7) is 7.19. The van der Waals surface area contributed by atoms with Gasteiger partial charge in [-0.3, -0.25) is 4.72 Å². The molecule has 2 nitrogen and oxygen atoms in total. The Morgan fingerprint density at radius 1 is 1.20 bits per heavy atom. The van der Waals surface area contributed by atoms with Crippen molar-refractivity contribution in [2.24, 2.45) is 5.92 Å². The fraction of sp³-hybridized carbons (Fsp3) is 0.412. The molecule has 1 aromatic carbocycles. The standard InChI is InChI=1S/C17H25NOS/c1-4-18-20(13-17(19)14(2)3)11-10-16(12-20)15-8-6-5-7-9-15/h5-12,14,17-19H,4,13H2,1-3H3. The summed E-state index contributed by atoms with van der Waals surface area (Å²) in [4.78, 5) is 0. The molecule has 1 aliphatic rings. The van der Waals surface area contributed by atoms with Crippen molar-refractivity contribution in [2.45, 2.75) is 26.9 Å². The maximum atomic E-state index is 10.3. The van der Waals surface area contributed by atoms with Crippen molar-refractivity contribution in [2.75, 3.05) is 12.3 Å². The third kappa shape index (κ3) is 3.54. The molecule has 110 valence electrons. The van der Waals surface area contributed by atoms with Gasteiger partial charge in [-0.05, 0) is 33.9 Å². The van der Waals surface area contributed by atoms with E-state index in [9.17, 15) is 5.11 Å². The number of hydrogen-bond donors (Lipinski definition) is 2. The minimum absolute atomic E-state index is 0.264. The molecule has 0 bridgehead atoms. The lowest BCUT2D eigenvalue weighted by Gasteiger charge is -2.35. The highest BCUT2D eigenvalue weighted by Gasteiger charge is 2.27. The van der Waals surface area contributed by atoms with Gasteiger partial charge in [0.25, 0.3) is 0 Å². The van der Waals surface area contributed by atoms with Gasteiger partial charge in [0.2, 0.25) is 0 Å². The Hall–Kier alpha value is -1.03. The van der Waals surface area contributed by atoms with Crippen LogP contribution in [0.15, 0.2) is 47.2 Å². The first-order chi connectivity index (χ1) is 9.56. The van der Waals surface area contributed by atoms with Crippen molar-refractivity contribution in [3.63, 3.8) is 0 Å². The van der Waals surface area contributed by atoms with Crippen LogP contribution < -0.4 is 4.72 Å². The smallest absolute Gasteiger partial charge is 0.0656 e. The monoisotopic (exact) mass is 291 g/mol. The Kier molecular flexibility index (Phi) is 5.08. The third-order valence-electron chi connectivity index (χ3n) is 3.56. The normalized spacial score (nSPS) is 26.4. The van der Waals surface area contributed by atoms with Gasteiger partial charge in [0.1, 0.15) is 0 Å². The van der Waals surface area contributed by atoms with E-state index < -0.39 is 10.2 Å². The van der Waals surface area contributed by atoms with Crippen LogP contribution in [0.5, 0.6) is 0 Å². The van der Waals surface area contributed by atoms with E-state index in [-0.39, 0.29) is 6.10 Å². The highest BCUT2D eigenvalue weighted by Crippen LogP contribution is 2.54. The molecule has 3 heteroatoms. The summed E-state index contributed by atoms with van der Waals surface area (Å²) in [7, 11) is -1.20. The lowest BCUT2D eigenvalue weighted by Crippen LogP contribution is -2.28. The molecule has 2 unspecified atom stereocenters. The summed E-state index contributed by atoms with van der Waals surface area (Å²) in [5, 5.41) is 14.9. The van der Waals surface area contributed by atoms with Gasteiger partial charge < -0.3 is 5.11 Å². The zero-order valence-corrected chi connectivity index (χ0v) is 13.4. The highest BCUT2D eigenvalue weighted by atomic mass is 32.3. The van der Waals surface area contributed by atoms with Gasteiger partial charge in [0.05, 0.1) is 6.10 Å². The SMILES string of the molecule is CCNS1(CC(O)C(C)C)C=CC(c2ccccc2)=C1. The van der Waals surface area contributed by atoms with Crippen LogP contribution in [0.3, 0.4) is 0 Å². The van der Waals surface area contributed by atoms with Gasteiger partial charge in [0.15, 0.2) is 0 Å². The summed E-state index contributed by atoms with van der Waals surface area (Å²) in [6.07, 6.45) is 1.93. The van der Waals surface area contributed by atoms with Crippen LogP contribution in [0, 0.1) is 5.92 Å². The van der Waals surface area contributed by atoms with Crippen LogP contribution >= 0.6 is 10.2 Å². The fourth-order valence-electron chi connectivity index (χ4n) is 2.29. The molecule has 0 saturated carbocycles. The van der Waals surface area contributed by atoms with Crippen LogP contribution in [-0.2, 0) is 0 Å². The van der Waals surface area contributed by atoms with Gasteiger partial charge in [-0.1, -0.05) is 51.1 Å². The van der Waals surface area contributed by atoms with Gasteiger partial charge in [-0.15, -0.1) is 10.2 Å². The van der Waals surface area contributed by atoms with Gasteiger partial charge >= 0.3 is 0 Å². The number of aliphatic hydroxyl groups is 1. The van der Waals surface area contributed by atoms with E-state index >= 15 is 0 Å². The molecule has 2 rings (SSSR count). The molecule has 0 radical (unpaired) electrons. The quantitative estimate of drug-likeness (QED) is 0.833. The first kappa shape index (κ1) is 15.4.